The minimum Gasteiger partial charge on any atom is -0.490 e. The molecular weight excluding hydrogens is 332 g/mol. The molecule has 1 aliphatic carbocycles. The molecule has 3 nitrogen and oxygen atoms in total. The smallest absolute Gasteiger partial charge is 0.119 e. The summed E-state index contributed by atoms with van der Waals surface area (Å²) in [6, 6.07) is 12.7. The molecule has 1 fully saturated rings. The maximum atomic E-state index is 6.32. The number of nitrogens with zero attached hydrogens (tertiary/aromatic N) is 2. The van der Waals surface area contributed by atoms with Crippen molar-refractivity contribution in [3.05, 3.63) is 59.9 Å². The van der Waals surface area contributed by atoms with E-state index in [1.165, 1.54) is 36.8 Å². The van der Waals surface area contributed by atoms with Crippen molar-refractivity contribution >= 4 is 0 Å². The van der Waals surface area contributed by atoms with Crippen LogP contribution >= 0.6 is 0 Å². The predicted octanol–water partition coefficient (Wildman–Crippen LogP) is 5.49. The molecule has 0 amide bonds. The van der Waals surface area contributed by atoms with Gasteiger partial charge in [0.1, 0.15) is 5.75 Å². The van der Waals surface area contributed by atoms with E-state index in [2.05, 4.69) is 67.1 Å². The lowest BCUT2D eigenvalue weighted by atomic mass is 9.79. The van der Waals surface area contributed by atoms with Gasteiger partial charge in [0.15, 0.2) is 0 Å². The Bertz CT molecular complexity index is 688. The number of ether oxygens (including phenoxy) is 1. The molecule has 3 rings (SSSR count). The molecule has 3 atom stereocenters. The maximum Gasteiger partial charge on any atom is 0.119 e. The van der Waals surface area contributed by atoms with Gasteiger partial charge in [0.2, 0.25) is 0 Å². The van der Waals surface area contributed by atoms with Crippen LogP contribution in [0.15, 0.2) is 48.8 Å². The minimum absolute atomic E-state index is 0.364. The molecule has 1 aliphatic rings. The summed E-state index contributed by atoms with van der Waals surface area (Å²) < 4.78 is 6.32. The van der Waals surface area contributed by atoms with Crippen LogP contribution in [0.2, 0.25) is 0 Å². The average molecular weight is 367 g/mol. The number of aryl methyl sites for hydroxylation is 1. The molecule has 1 saturated carbocycles. The largest absolute Gasteiger partial charge is 0.490 e. The molecule has 3 heteroatoms. The third-order valence-corrected chi connectivity index (χ3v) is 5.91. The fourth-order valence-electron chi connectivity index (χ4n) is 4.29. The van der Waals surface area contributed by atoms with Crippen LogP contribution in [0.4, 0.5) is 0 Å². The summed E-state index contributed by atoms with van der Waals surface area (Å²) in [5.41, 5.74) is 2.62. The predicted molar refractivity (Wildman–Crippen MR) is 112 cm³/mol. The third kappa shape index (κ3) is 6.07. The number of aromatic nitrogens is 1. The summed E-state index contributed by atoms with van der Waals surface area (Å²) in [6.07, 6.45) is 9.13. The van der Waals surface area contributed by atoms with Crippen molar-refractivity contribution < 1.29 is 4.74 Å². The molecule has 0 radical (unpaired) electrons. The summed E-state index contributed by atoms with van der Waals surface area (Å²) in [5, 5.41) is 0. The summed E-state index contributed by atoms with van der Waals surface area (Å²) in [4.78, 5) is 6.69. The molecule has 27 heavy (non-hydrogen) atoms. The summed E-state index contributed by atoms with van der Waals surface area (Å²) in [5.74, 6) is 2.47. The van der Waals surface area contributed by atoms with Crippen molar-refractivity contribution in [1.82, 2.24) is 9.88 Å². The number of hydrogen-bond donors (Lipinski definition) is 0. The van der Waals surface area contributed by atoms with E-state index in [1.54, 1.807) is 0 Å². The van der Waals surface area contributed by atoms with Gasteiger partial charge in [-0.2, -0.15) is 0 Å². The van der Waals surface area contributed by atoms with Gasteiger partial charge in [-0.25, -0.2) is 0 Å². The first-order valence-electron chi connectivity index (χ1n) is 10.5. The summed E-state index contributed by atoms with van der Waals surface area (Å²) >= 11 is 0. The number of benzene rings is 1. The highest BCUT2D eigenvalue weighted by Crippen LogP contribution is 2.33. The van der Waals surface area contributed by atoms with E-state index in [4.69, 9.17) is 4.74 Å². The molecule has 0 aliphatic heterocycles. The normalized spacial score (nSPS) is 21.2. The van der Waals surface area contributed by atoms with Crippen molar-refractivity contribution in [1.29, 1.82) is 0 Å². The first kappa shape index (κ1) is 19.9. The Morgan fingerprint density at radius 3 is 2.74 bits per heavy atom. The molecule has 2 aromatic rings. The van der Waals surface area contributed by atoms with Gasteiger partial charge in [0.25, 0.3) is 0 Å². The lowest BCUT2D eigenvalue weighted by molar-refractivity contribution is 0.0882. The van der Waals surface area contributed by atoms with Gasteiger partial charge in [-0.3, -0.25) is 9.88 Å². The zero-order valence-corrected chi connectivity index (χ0v) is 17.1. The van der Waals surface area contributed by atoms with Crippen molar-refractivity contribution in [2.24, 2.45) is 11.8 Å². The Morgan fingerprint density at radius 2 is 2.00 bits per heavy atom. The Balaban J connectivity index is 1.53. The standard InChI is InChI=1S/C24H34N2O/c1-4-26(18-21-11-13-25-14-12-21)17-20(3)22-8-6-10-24(16-22)27-23-9-5-7-19(2)15-23/h5,7,9,11-15,20,22,24H,4,6,8,10,16-18H2,1-3H3/t20?,22?,24-/m1/s1. The summed E-state index contributed by atoms with van der Waals surface area (Å²) in [6.45, 7) is 10.1. The van der Waals surface area contributed by atoms with E-state index in [0.717, 1.165) is 31.3 Å². The molecular formula is C24H34N2O. The Kier molecular flexibility index (Phi) is 7.28. The lowest BCUT2D eigenvalue weighted by Gasteiger charge is -2.35. The molecule has 0 saturated heterocycles. The molecule has 1 aromatic carbocycles. The van der Waals surface area contributed by atoms with Gasteiger partial charge in [0.05, 0.1) is 6.10 Å². The number of rotatable bonds is 8. The van der Waals surface area contributed by atoms with Crippen LogP contribution in [0.1, 0.15) is 50.7 Å². The first-order chi connectivity index (χ1) is 13.1. The SMILES string of the molecule is CCN(Cc1ccncc1)CC(C)C1CCC[C@@H](Oc2cccc(C)c2)C1. The van der Waals surface area contributed by atoms with E-state index >= 15 is 0 Å². The van der Waals surface area contributed by atoms with Crippen molar-refractivity contribution in [2.75, 3.05) is 13.1 Å². The first-order valence-corrected chi connectivity index (χ1v) is 10.5. The highest BCUT2D eigenvalue weighted by molar-refractivity contribution is 5.27. The number of hydrogen-bond acceptors (Lipinski definition) is 3. The third-order valence-electron chi connectivity index (χ3n) is 5.91. The van der Waals surface area contributed by atoms with E-state index in [9.17, 15) is 0 Å². The fraction of sp³-hybridized carbons (Fsp3) is 0.542. The second kappa shape index (κ2) is 9.89. The van der Waals surface area contributed by atoms with E-state index in [0.29, 0.717) is 12.0 Å². The Hall–Kier alpha value is -1.87. The van der Waals surface area contributed by atoms with Gasteiger partial charge in [-0.1, -0.05) is 26.0 Å². The van der Waals surface area contributed by atoms with Gasteiger partial charge in [-0.05, 0) is 86.4 Å². The van der Waals surface area contributed by atoms with Gasteiger partial charge in [0, 0.05) is 25.5 Å². The van der Waals surface area contributed by atoms with Crippen LogP contribution in [0.5, 0.6) is 5.75 Å². The van der Waals surface area contributed by atoms with Gasteiger partial charge < -0.3 is 4.74 Å². The zero-order chi connectivity index (χ0) is 19.1. The second-order valence-electron chi connectivity index (χ2n) is 8.14. The van der Waals surface area contributed by atoms with Gasteiger partial charge in [-0.15, -0.1) is 0 Å². The molecule has 1 heterocycles. The van der Waals surface area contributed by atoms with Crippen LogP contribution in [0, 0.1) is 18.8 Å². The average Bonchev–Trinajstić information content (AvgIpc) is 2.68. The molecule has 0 bridgehead atoms. The molecule has 1 aromatic heterocycles. The molecule has 0 N–H and O–H groups in total. The minimum atomic E-state index is 0.364. The van der Waals surface area contributed by atoms with Crippen LogP contribution in [0.3, 0.4) is 0 Å². The Morgan fingerprint density at radius 1 is 1.19 bits per heavy atom. The molecule has 146 valence electrons. The van der Waals surface area contributed by atoms with Crippen molar-refractivity contribution in [2.45, 2.75) is 59.1 Å². The number of pyridine rings is 1. The van der Waals surface area contributed by atoms with Gasteiger partial charge >= 0.3 is 0 Å². The second-order valence-corrected chi connectivity index (χ2v) is 8.14. The van der Waals surface area contributed by atoms with Crippen LogP contribution < -0.4 is 4.74 Å². The fourth-order valence-corrected chi connectivity index (χ4v) is 4.29. The summed E-state index contributed by atoms with van der Waals surface area (Å²) in [7, 11) is 0. The van der Waals surface area contributed by atoms with E-state index in [-0.39, 0.29) is 0 Å². The highest BCUT2D eigenvalue weighted by atomic mass is 16.5. The monoisotopic (exact) mass is 366 g/mol. The quantitative estimate of drug-likeness (QED) is 0.618. The molecule has 0 spiro atoms. The van der Waals surface area contributed by atoms with Crippen LogP contribution in [-0.4, -0.2) is 29.1 Å². The molecule has 2 unspecified atom stereocenters. The Labute approximate surface area is 164 Å². The van der Waals surface area contributed by atoms with E-state index < -0.39 is 0 Å². The van der Waals surface area contributed by atoms with E-state index in [1.807, 2.05) is 12.4 Å². The zero-order valence-electron chi connectivity index (χ0n) is 17.1. The van der Waals surface area contributed by atoms with Crippen molar-refractivity contribution in [3.63, 3.8) is 0 Å². The van der Waals surface area contributed by atoms with Crippen molar-refractivity contribution in [3.8, 4) is 5.75 Å². The maximum absolute atomic E-state index is 6.32. The topological polar surface area (TPSA) is 25.4 Å². The lowest BCUT2D eigenvalue weighted by Crippen LogP contribution is -2.35. The van der Waals surface area contributed by atoms with Crippen LogP contribution in [-0.2, 0) is 6.54 Å². The van der Waals surface area contributed by atoms with Crippen LogP contribution in [0.25, 0.3) is 0 Å². The highest BCUT2D eigenvalue weighted by Gasteiger charge is 2.28.